The molecular formula is C15H33N. The largest absolute Gasteiger partial charge is 0.316 e. The Balaban J connectivity index is 3.16. The third-order valence-corrected chi connectivity index (χ3v) is 2.99. The van der Waals surface area contributed by atoms with Crippen LogP contribution in [0.25, 0.3) is 0 Å². The molecule has 1 heteroatoms. The van der Waals surface area contributed by atoms with Crippen LogP contribution in [0.1, 0.15) is 73.1 Å². The quantitative estimate of drug-likeness (QED) is 0.567. The maximum Gasteiger partial charge on any atom is -0.0000126 e. The molecule has 0 radical (unpaired) electrons. The van der Waals surface area contributed by atoms with E-state index in [1.807, 2.05) is 0 Å². The van der Waals surface area contributed by atoms with Crippen molar-refractivity contribution >= 4 is 0 Å². The molecule has 0 amide bonds. The van der Waals surface area contributed by atoms with Crippen LogP contribution in [-0.4, -0.2) is 13.1 Å². The molecule has 0 aliphatic heterocycles. The Labute approximate surface area is 103 Å². The van der Waals surface area contributed by atoms with E-state index < -0.39 is 0 Å². The summed E-state index contributed by atoms with van der Waals surface area (Å²) in [5, 5.41) is 3.54. The molecule has 0 spiro atoms. The average Bonchev–Trinajstić information content (AvgIpc) is 2.15. The predicted octanol–water partition coefficient (Wildman–Crippen LogP) is 4.62. The van der Waals surface area contributed by atoms with Crippen molar-refractivity contribution in [1.29, 1.82) is 0 Å². The second-order valence-electron chi connectivity index (χ2n) is 6.48. The molecule has 0 saturated carbocycles. The number of rotatable bonds is 9. The molecule has 0 aliphatic carbocycles. The van der Waals surface area contributed by atoms with Gasteiger partial charge in [-0.15, -0.1) is 0 Å². The zero-order chi connectivity index (χ0) is 12.4. The first-order valence-electron chi connectivity index (χ1n) is 7.16. The number of nitrogens with one attached hydrogen (secondary N) is 1. The Bertz CT molecular complexity index is 146. The minimum atomic E-state index is 0.426. The fraction of sp³-hybridized carbons (Fsp3) is 1.00. The lowest BCUT2D eigenvalue weighted by Gasteiger charge is -2.18. The Morgan fingerprint density at radius 3 is 2.25 bits per heavy atom. The molecule has 1 unspecified atom stereocenters. The van der Waals surface area contributed by atoms with E-state index in [1.165, 1.54) is 45.1 Å². The number of unbranched alkanes of at least 4 members (excludes halogenated alkanes) is 2. The van der Waals surface area contributed by atoms with Gasteiger partial charge in [-0.1, -0.05) is 66.7 Å². The van der Waals surface area contributed by atoms with E-state index in [9.17, 15) is 0 Å². The van der Waals surface area contributed by atoms with Crippen molar-refractivity contribution in [2.45, 2.75) is 73.1 Å². The Hall–Kier alpha value is -0.0400. The van der Waals surface area contributed by atoms with Gasteiger partial charge in [-0.05, 0) is 30.8 Å². The summed E-state index contributed by atoms with van der Waals surface area (Å²) in [5.41, 5.74) is 0.426. The summed E-state index contributed by atoms with van der Waals surface area (Å²) >= 11 is 0. The first-order valence-corrected chi connectivity index (χ1v) is 7.16. The third-order valence-electron chi connectivity index (χ3n) is 2.99. The highest BCUT2D eigenvalue weighted by Crippen LogP contribution is 2.14. The van der Waals surface area contributed by atoms with Crippen molar-refractivity contribution in [3.63, 3.8) is 0 Å². The molecule has 0 aromatic rings. The van der Waals surface area contributed by atoms with E-state index in [1.54, 1.807) is 0 Å². The highest BCUT2D eigenvalue weighted by Gasteiger charge is 2.08. The predicted molar refractivity (Wildman–Crippen MR) is 74.9 cm³/mol. The molecule has 0 fully saturated rings. The van der Waals surface area contributed by atoms with E-state index >= 15 is 0 Å². The van der Waals surface area contributed by atoms with Gasteiger partial charge in [0.15, 0.2) is 0 Å². The van der Waals surface area contributed by atoms with E-state index in [4.69, 9.17) is 0 Å². The summed E-state index contributed by atoms with van der Waals surface area (Å²) < 4.78 is 0. The molecule has 1 N–H and O–H groups in total. The van der Waals surface area contributed by atoms with Gasteiger partial charge in [-0.3, -0.25) is 0 Å². The smallest absolute Gasteiger partial charge is 0.0000126 e. The first-order chi connectivity index (χ1) is 7.45. The molecular weight excluding hydrogens is 194 g/mol. The van der Waals surface area contributed by atoms with Gasteiger partial charge < -0.3 is 5.32 Å². The van der Waals surface area contributed by atoms with Crippen LogP contribution in [0.5, 0.6) is 0 Å². The summed E-state index contributed by atoms with van der Waals surface area (Å²) in [4.78, 5) is 0. The van der Waals surface area contributed by atoms with E-state index in [2.05, 4.69) is 39.9 Å². The minimum absolute atomic E-state index is 0.426. The van der Waals surface area contributed by atoms with Crippen LogP contribution in [0, 0.1) is 11.3 Å². The summed E-state index contributed by atoms with van der Waals surface area (Å²) in [6, 6.07) is 0. The Kier molecular flexibility index (Phi) is 9.02. The SMILES string of the molecule is CCCC(C)CCCCCNCC(C)(C)C. The third kappa shape index (κ3) is 12.0. The van der Waals surface area contributed by atoms with Gasteiger partial charge >= 0.3 is 0 Å². The molecule has 16 heavy (non-hydrogen) atoms. The molecule has 0 aliphatic rings. The lowest BCUT2D eigenvalue weighted by Crippen LogP contribution is -2.27. The average molecular weight is 227 g/mol. The maximum absolute atomic E-state index is 3.54. The van der Waals surface area contributed by atoms with Crippen molar-refractivity contribution in [2.75, 3.05) is 13.1 Å². The van der Waals surface area contributed by atoms with E-state index in [0.29, 0.717) is 5.41 Å². The molecule has 1 atom stereocenters. The van der Waals surface area contributed by atoms with E-state index in [0.717, 1.165) is 12.5 Å². The summed E-state index contributed by atoms with van der Waals surface area (Å²) in [6.07, 6.45) is 8.32. The molecule has 0 bridgehead atoms. The fourth-order valence-corrected chi connectivity index (χ4v) is 2.02. The lowest BCUT2D eigenvalue weighted by atomic mass is 9.97. The maximum atomic E-state index is 3.54. The second kappa shape index (κ2) is 9.04. The Morgan fingerprint density at radius 1 is 1.00 bits per heavy atom. The van der Waals surface area contributed by atoms with Crippen LogP contribution >= 0.6 is 0 Å². The van der Waals surface area contributed by atoms with Crippen LogP contribution in [0.3, 0.4) is 0 Å². The van der Waals surface area contributed by atoms with Crippen molar-refractivity contribution in [3.05, 3.63) is 0 Å². The summed E-state index contributed by atoms with van der Waals surface area (Å²) in [6.45, 7) is 13.9. The van der Waals surface area contributed by atoms with Gasteiger partial charge in [-0.2, -0.15) is 0 Å². The molecule has 0 aromatic carbocycles. The van der Waals surface area contributed by atoms with Crippen LogP contribution in [0.2, 0.25) is 0 Å². The van der Waals surface area contributed by atoms with Crippen LogP contribution < -0.4 is 5.32 Å². The van der Waals surface area contributed by atoms with Gasteiger partial charge in [0.1, 0.15) is 0 Å². The highest BCUT2D eigenvalue weighted by atomic mass is 14.9. The van der Waals surface area contributed by atoms with Gasteiger partial charge in [0.2, 0.25) is 0 Å². The molecule has 0 aromatic heterocycles. The highest BCUT2D eigenvalue weighted by molar-refractivity contribution is 4.64. The molecule has 0 heterocycles. The van der Waals surface area contributed by atoms with Crippen LogP contribution in [0.4, 0.5) is 0 Å². The normalized spacial score (nSPS) is 14.1. The van der Waals surface area contributed by atoms with Gasteiger partial charge in [0, 0.05) is 0 Å². The standard InChI is InChI=1S/C15H33N/c1-6-10-14(2)11-8-7-9-12-16-13-15(3,4)5/h14,16H,6-13H2,1-5H3. The number of hydrogen-bond acceptors (Lipinski definition) is 1. The van der Waals surface area contributed by atoms with Gasteiger partial charge in [0.25, 0.3) is 0 Å². The Morgan fingerprint density at radius 2 is 1.69 bits per heavy atom. The second-order valence-corrected chi connectivity index (χ2v) is 6.48. The van der Waals surface area contributed by atoms with Crippen molar-refractivity contribution in [2.24, 2.45) is 11.3 Å². The minimum Gasteiger partial charge on any atom is -0.316 e. The van der Waals surface area contributed by atoms with Gasteiger partial charge in [0.05, 0.1) is 0 Å². The van der Waals surface area contributed by atoms with Crippen molar-refractivity contribution in [1.82, 2.24) is 5.32 Å². The molecule has 0 saturated heterocycles. The molecule has 98 valence electrons. The van der Waals surface area contributed by atoms with Crippen molar-refractivity contribution in [3.8, 4) is 0 Å². The molecule has 0 rings (SSSR count). The zero-order valence-corrected chi connectivity index (χ0v) is 12.2. The van der Waals surface area contributed by atoms with E-state index in [-0.39, 0.29) is 0 Å². The van der Waals surface area contributed by atoms with Gasteiger partial charge in [-0.25, -0.2) is 0 Å². The topological polar surface area (TPSA) is 12.0 Å². The van der Waals surface area contributed by atoms with Crippen LogP contribution in [0.15, 0.2) is 0 Å². The first kappa shape index (κ1) is 16.0. The monoisotopic (exact) mass is 227 g/mol. The molecule has 1 nitrogen and oxygen atoms in total. The zero-order valence-electron chi connectivity index (χ0n) is 12.2. The lowest BCUT2D eigenvalue weighted by molar-refractivity contribution is 0.375. The summed E-state index contributed by atoms with van der Waals surface area (Å²) in [7, 11) is 0. The number of hydrogen-bond donors (Lipinski definition) is 1. The van der Waals surface area contributed by atoms with Crippen LogP contribution in [-0.2, 0) is 0 Å². The fourth-order valence-electron chi connectivity index (χ4n) is 2.02. The van der Waals surface area contributed by atoms with Crippen molar-refractivity contribution < 1.29 is 0 Å². The summed E-state index contributed by atoms with van der Waals surface area (Å²) in [5.74, 6) is 0.938.